The Balaban J connectivity index is 1.90. The van der Waals surface area contributed by atoms with E-state index in [-0.39, 0.29) is 23.4 Å². The van der Waals surface area contributed by atoms with Gasteiger partial charge in [-0.2, -0.15) is 13.2 Å². The highest BCUT2D eigenvalue weighted by Gasteiger charge is 2.35. The van der Waals surface area contributed by atoms with Gasteiger partial charge < -0.3 is 15.3 Å². The Hall–Kier alpha value is -2.35. The zero-order chi connectivity index (χ0) is 21.3. The first-order chi connectivity index (χ1) is 13.6. The molecule has 0 bridgehead atoms. The van der Waals surface area contributed by atoms with Gasteiger partial charge in [0.2, 0.25) is 5.91 Å². The van der Waals surface area contributed by atoms with Gasteiger partial charge in [-0.15, -0.1) is 0 Å². The minimum absolute atomic E-state index is 0.0773. The molecule has 8 heteroatoms. The lowest BCUT2D eigenvalue weighted by atomic mass is 9.94. The lowest BCUT2D eigenvalue weighted by Crippen LogP contribution is -2.53. The van der Waals surface area contributed by atoms with Gasteiger partial charge in [0, 0.05) is 36.4 Å². The van der Waals surface area contributed by atoms with Crippen molar-refractivity contribution in [3.63, 3.8) is 0 Å². The second kappa shape index (κ2) is 8.18. The number of hydrogen-bond acceptors (Lipinski definition) is 4. The van der Waals surface area contributed by atoms with Crippen LogP contribution >= 0.6 is 0 Å². The summed E-state index contributed by atoms with van der Waals surface area (Å²) in [7, 11) is 0. The molecule has 1 saturated heterocycles. The summed E-state index contributed by atoms with van der Waals surface area (Å²) in [5, 5.41) is 13.3. The smallest absolute Gasteiger partial charge is 0.383 e. The van der Waals surface area contributed by atoms with E-state index in [4.69, 9.17) is 0 Å². The zero-order valence-corrected chi connectivity index (χ0v) is 16.7. The number of aliphatic hydroxyl groups excluding tert-OH is 1. The van der Waals surface area contributed by atoms with E-state index in [1.54, 1.807) is 26.0 Å². The number of aliphatic hydroxyl groups is 1. The number of aromatic nitrogens is 1. The SMILES string of the molecule is CC(C)[C@H](O)C(=O)N[C@@H]1C[C@H](C)CN(c2ccc(C(F)(F)F)c3ncccc23)C1. The summed E-state index contributed by atoms with van der Waals surface area (Å²) in [5.74, 6) is -0.394. The van der Waals surface area contributed by atoms with Crippen LogP contribution in [-0.4, -0.2) is 41.2 Å². The van der Waals surface area contributed by atoms with Gasteiger partial charge in [-0.3, -0.25) is 9.78 Å². The number of pyridine rings is 1. The van der Waals surface area contributed by atoms with Crippen LogP contribution < -0.4 is 10.2 Å². The Labute approximate surface area is 167 Å². The molecule has 29 heavy (non-hydrogen) atoms. The molecule has 1 aromatic heterocycles. The second-order valence-electron chi connectivity index (χ2n) is 8.17. The van der Waals surface area contributed by atoms with Gasteiger partial charge in [0.25, 0.3) is 0 Å². The topological polar surface area (TPSA) is 65.5 Å². The predicted molar refractivity (Wildman–Crippen MR) is 106 cm³/mol. The summed E-state index contributed by atoms with van der Waals surface area (Å²) in [4.78, 5) is 18.2. The number of hydrogen-bond donors (Lipinski definition) is 2. The van der Waals surface area contributed by atoms with E-state index < -0.39 is 23.8 Å². The Morgan fingerprint density at radius 1 is 1.28 bits per heavy atom. The van der Waals surface area contributed by atoms with Crippen LogP contribution in [0.4, 0.5) is 18.9 Å². The average molecular weight is 409 g/mol. The maximum absolute atomic E-state index is 13.4. The number of amides is 1. The first kappa shape index (κ1) is 21.4. The van der Waals surface area contributed by atoms with Crippen LogP contribution in [0.5, 0.6) is 0 Å². The van der Waals surface area contributed by atoms with Crippen LogP contribution in [0.25, 0.3) is 10.9 Å². The van der Waals surface area contributed by atoms with Crippen molar-refractivity contribution in [3.8, 4) is 0 Å². The zero-order valence-electron chi connectivity index (χ0n) is 16.7. The lowest BCUT2D eigenvalue weighted by molar-refractivity contribution is -0.136. The largest absolute Gasteiger partial charge is 0.418 e. The molecule has 0 aliphatic carbocycles. The number of alkyl halides is 3. The molecule has 0 radical (unpaired) electrons. The molecule has 1 aliphatic heterocycles. The van der Waals surface area contributed by atoms with Crippen LogP contribution in [0.2, 0.25) is 0 Å². The van der Waals surface area contributed by atoms with Crippen molar-refractivity contribution in [1.82, 2.24) is 10.3 Å². The van der Waals surface area contributed by atoms with Crippen molar-refractivity contribution < 1.29 is 23.1 Å². The third-order valence-corrected chi connectivity index (χ3v) is 5.30. The van der Waals surface area contributed by atoms with E-state index >= 15 is 0 Å². The molecule has 1 fully saturated rings. The predicted octanol–water partition coefficient (Wildman–Crippen LogP) is 3.60. The minimum Gasteiger partial charge on any atom is -0.383 e. The molecule has 3 atom stereocenters. The number of anilines is 1. The molecule has 0 saturated carbocycles. The van der Waals surface area contributed by atoms with Gasteiger partial charge in [0.05, 0.1) is 11.1 Å². The Bertz CT molecular complexity index is 885. The van der Waals surface area contributed by atoms with Gasteiger partial charge in [-0.05, 0) is 42.5 Å². The molecule has 5 nitrogen and oxygen atoms in total. The highest BCUT2D eigenvalue weighted by atomic mass is 19.4. The van der Waals surface area contributed by atoms with E-state index in [1.165, 1.54) is 12.3 Å². The molecule has 0 unspecified atom stereocenters. The molecule has 2 heterocycles. The van der Waals surface area contributed by atoms with E-state index in [1.807, 2.05) is 11.8 Å². The molecule has 158 valence electrons. The number of nitrogens with zero attached hydrogens (tertiary/aromatic N) is 2. The molecule has 1 amide bonds. The number of fused-ring (bicyclic) bond motifs is 1. The molecule has 1 aliphatic rings. The number of rotatable bonds is 4. The molecule has 2 aromatic rings. The first-order valence-electron chi connectivity index (χ1n) is 9.76. The third-order valence-electron chi connectivity index (χ3n) is 5.30. The first-order valence-corrected chi connectivity index (χ1v) is 9.76. The van der Waals surface area contributed by atoms with E-state index in [2.05, 4.69) is 10.3 Å². The third kappa shape index (κ3) is 4.63. The van der Waals surface area contributed by atoms with Gasteiger partial charge in [-0.25, -0.2) is 0 Å². The van der Waals surface area contributed by atoms with Crippen LogP contribution in [0.3, 0.4) is 0 Å². The fraction of sp³-hybridized carbons (Fsp3) is 0.524. The van der Waals surface area contributed by atoms with E-state index in [9.17, 15) is 23.1 Å². The number of carbonyl (C=O) groups excluding carboxylic acids is 1. The van der Waals surface area contributed by atoms with Crippen molar-refractivity contribution in [3.05, 3.63) is 36.0 Å². The molecular formula is C21H26F3N3O2. The highest BCUT2D eigenvalue weighted by molar-refractivity contribution is 5.94. The average Bonchev–Trinajstić information content (AvgIpc) is 2.65. The number of benzene rings is 1. The van der Waals surface area contributed by atoms with Crippen molar-refractivity contribution in [2.75, 3.05) is 18.0 Å². The van der Waals surface area contributed by atoms with Crippen molar-refractivity contribution in [2.24, 2.45) is 11.8 Å². The van der Waals surface area contributed by atoms with Crippen LogP contribution in [0, 0.1) is 11.8 Å². The number of carbonyl (C=O) groups is 1. The quantitative estimate of drug-likeness (QED) is 0.810. The van der Waals surface area contributed by atoms with Crippen LogP contribution in [-0.2, 0) is 11.0 Å². The Morgan fingerprint density at radius 3 is 2.66 bits per heavy atom. The van der Waals surface area contributed by atoms with Gasteiger partial charge in [0.15, 0.2) is 0 Å². The van der Waals surface area contributed by atoms with Gasteiger partial charge in [-0.1, -0.05) is 20.8 Å². The minimum atomic E-state index is -4.48. The Morgan fingerprint density at radius 2 is 2.00 bits per heavy atom. The van der Waals surface area contributed by atoms with E-state index in [0.29, 0.717) is 24.2 Å². The summed E-state index contributed by atoms with van der Waals surface area (Å²) in [5.41, 5.74) is -0.172. The standard InChI is InChI=1S/C21H26F3N3O2/c1-12(2)19(28)20(29)26-14-9-13(3)10-27(11-14)17-7-6-16(21(22,23)24)18-15(17)5-4-8-25-18/h4-8,12-14,19,28H,9-11H2,1-3H3,(H,26,29)/t13-,14+,19-/m0/s1. The highest BCUT2D eigenvalue weighted by Crippen LogP contribution is 2.38. The van der Waals surface area contributed by atoms with Gasteiger partial charge >= 0.3 is 6.18 Å². The summed E-state index contributed by atoms with van der Waals surface area (Å²) in [6.07, 6.45) is -3.47. The maximum Gasteiger partial charge on any atom is 0.418 e. The Kier molecular flexibility index (Phi) is 6.03. The summed E-state index contributed by atoms with van der Waals surface area (Å²) in [6.45, 7) is 6.68. The van der Waals surface area contributed by atoms with Crippen LogP contribution in [0.15, 0.2) is 30.5 Å². The molecular weight excluding hydrogens is 383 g/mol. The summed E-state index contributed by atoms with van der Waals surface area (Å²) >= 11 is 0. The van der Waals surface area contributed by atoms with Crippen LogP contribution in [0.1, 0.15) is 32.8 Å². The number of halogens is 3. The van der Waals surface area contributed by atoms with Crippen molar-refractivity contribution >= 4 is 22.5 Å². The molecule has 2 N–H and O–H groups in total. The molecule has 3 rings (SSSR count). The monoisotopic (exact) mass is 409 g/mol. The van der Waals surface area contributed by atoms with E-state index in [0.717, 1.165) is 12.5 Å². The second-order valence-corrected chi connectivity index (χ2v) is 8.17. The maximum atomic E-state index is 13.4. The number of piperidine rings is 1. The van der Waals surface area contributed by atoms with Crippen molar-refractivity contribution in [1.29, 1.82) is 0 Å². The number of nitrogens with one attached hydrogen (secondary N) is 1. The van der Waals surface area contributed by atoms with Crippen molar-refractivity contribution in [2.45, 2.75) is 45.5 Å². The van der Waals surface area contributed by atoms with Gasteiger partial charge in [0.1, 0.15) is 6.10 Å². The summed E-state index contributed by atoms with van der Waals surface area (Å²) in [6, 6.07) is 5.61. The molecule has 1 aromatic carbocycles. The fourth-order valence-corrected chi connectivity index (χ4v) is 3.90. The fourth-order valence-electron chi connectivity index (χ4n) is 3.90. The summed E-state index contributed by atoms with van der Waals surface area (Å²) < 4.78 is 40.1. The molecule has 0 spiro atoms. The lowest BCUT2D eigenvalue weighted by Gasteiger charge is -2.39. The normalized spacial score (nSPS) is 21.4.